The molecular weight excluding hydrogens is 404 g/mol. The molecule has 168 valence electrons. The third kappa shape index (κ3) is 6.33. The van der Waals surface area contributed by atoms with Crippen LogP contribution in [0, 0.1) is 0 Å². The number of benzene rings is 3. The van der Waals surface area contributed by atoms with Gasteiger partial charge in [0.25, 0.3) is 0 Å². The van der Waals surface area contributed by atoms with Gasteiger partial charge in [0.15, 0.2) is 0 Å². The van der Waals surface area contributed by atoms with Crippen molar-refractivity contribution >= 4 is 12.1 Å². The van der Waals surface area contributed by atoms with E-state index in [0.29, 0.717) is 25.1 Å². The first-order valence-corrected chi connectivity index (χ1v) is 10.8. The smallest absolute Gasteiger partial charge is 0.211 e. The molecule has 0 radical (unpaired) electrons. The number of carbonyl (C=O) groups is 1. The van der Waals surface area contributed by atoms with Crippen LogP contribution in [-0.2, 0) is 17.8 Å². The van der Waals surface area contributed by atoms with Crippen molar-refractivity contribution in [2.24, 2.45) is 0 Å². The number of aromatic hydroxyl groups is 2. The quantitative estimate of drug-likeness (QED) is 0.268. The first-order chi connectivity index (χ1) is 15.5. The van der Waals surface area contributed by atoms with Crippen molar-refractivity contribution in [1.29, 1.82) is 0 Å². The fraction of sp³-hybridized carbons (Fsp3) is 0.269. The highest BCUT2D eigenvalue weighted by Gasteiger charge is 2.22. The Balaban J connectivity index is 1.83. The van der Waals surface area contributed by atoms with Crippen LogP contribution in [-0.4, -0.2) is 39.2 Å². The summed E-state index contributed by atoms with van der Waals surface area (Å²) < 4.78 is 0. The molecule has 3 aromatic rings. The lowest BCUT2D eigenvalue weighted by Crippen LogP contribution is -2.39. The van der Waals surface area contributed by atoms with Crippen LogP contribution in [0.4, 0.5) is 5.69 Å². The van der Waals surface area contributed by atoms with Gasteiger partial charge in [-0.25, -0.2) is 0 Å². The molecule has 0 aromatic heterocycles. The van der Waals surface area contributed by atoms with Crippen LogP contribution in [0.1, 0.15) is 36.1 Å². The Morgan fingerprint density at radius 2 is 1.69 bits per heavy atom. The molecule has 6 nitrogen and oxygen atoms in total. The lowest BCUT2D eigenvalue weighted by atomic mass is 9.99. The minimum Gasteiger partial charge on any atom is -0.508 e. The van der Waals surface area contributed by atoms with Crippen molar-refractivity contribution in [3.8, 4) is 11.5 Å². The van der Waals surface area contributed by atoms with E-state index in [4.69, 9.17) is 0 Å². The molecule has 3 rings (SSSR count). The van der Waals surface area contributed by atoms with Gasteiger partial charge in [0.2, 0.25) is 6.41 Å². The number of phenols is 2. The largest absolute Gasteiger partial charge is 0.508 e. The number of nitrogens with zero attached hydrogens (tertiary/aromatic N) is 1. The minimum atomic E-state index is -0.805. The third-order valence-electron chi connectivity index (χ3n) is 5.65. The predicted octanol–water partition coefficient (Wildman–Crippen LogP) is 4.22. The van der Waals surface area contributed by atoms with Gasteiger partial charge in [0, 0.05) is 19.1 Å². The monoisotopic (exact) mass is 434 g/mol. The summed E-state index contributed by atoms with van der Waals surface area (Å²) in [4.78, 5) is 13.1. The minimum absolute atomic E-state index is 0.0482. The van der Waals surface area contributed by atoms with E-state index in [0.717, 1.165) is 24.0 Å². The number of rotatable bonds is 11. The summed E-state index contributed by atoms with van der Waals surface area (Å²) in [5, 5.41) is 33.0. The lowest BCUT2D eigenvalue weighted by molar-refractivity contribution is -0.105. The highest BCUT2D eigenvalue weighted by Crippen LogP contribution is 2.28. The van der Waals surface area contributed by atoms with Gasteiger partial charge in [0.05, 0.1) is 11.8 Å². The molecule has 0 bridgehead atoms. The second-order valence-electron chi connectivity index (χ2n) is 7.90. The number of aliphatic hydroxyl groups excluding tert-OH is 1. The van der Waals surface area contributed by atoms with Crippen LogP contribution in [0.25, 0.3) is 0 Å². The molecule has 0 saturated heterocycles. The number of nitrogens with one attached hydrogen (secondary N) is 1. The molecule has 1 amide bonds. The number of aliphatic hydroxyl groups is 1. The molecule has 0 aliphatic heterocycles. The van der Waals surface area contributed by atoms with Gasteiger partial charge in [-0.3, -0.25) is 9.69 Å². The first-order valence-electron chi connectivity index (χ1n) is 10.8. The van der Waals surface area contributed by atoms with Crippen molar-refractivity contribution in [2.45, 2.75) is 38.5 Å². The van der Waals surface area contributed by atoms with Crippen molar-refractivity contribution in [3.63, 3.8) is 0 Å². The Morgan fingerprint density at radius 1 is 0.969 bits per heavy atom. The van der Waals surface area contributed by atoms with E-state index >= 15 is 0 Å². The highest BCUT2D eigenvalue weighted by atomic mass is 16.3. The molecule has 6 heteroatoms. The zero-order valence-corrected chi connectivity index (χ0v) is 18.2. The van der Waals surface area contributed by atoms with Crippen molar-refractivity contribution in [1.82, 2.24) is 4.90 Å². The number of phenolic OH excluding ortho intramolecular Hbond substituents is 2. The van der Waals surface area contributed by atoms with E-state index < -0.39 is 6.10 Å². The van der Waals surface area contributed by atoms with Gasteiger partial charge in [-0.2, -0.15) is 0 Å². The van der Waals surface area contributed by atoms with E-state index in [1.54, 1.807) is 24.3 Å². The second-order valence-corrected chi connectivity index (χ2v) is 7.90. The number of hydrogen-bond acceptors (Lipinski definition) is 5. The average molecular weight is 435 g/mol. The van der Waals surface area contributed by atoms with Gasteiger partial charge in [-0.15, -0.1) is 0 Å². The van der Waals surface area contributed by atoms with Crippen LogP contribution in [0.2, 0.25) is 0 Å². The summed E-state index contributed by atoms with van der Waals surface area (Å²) in [6.07, 6.45) is 1.36. The fourth-order valence-corrected chi connectivity index (χ4v) is 3.86. The fourth-order valence-electron chi connectivity index (χ4n) is 3.86. The maximum absolute atomic E-state index is 11.0. The third-order valence-corrected chi connectivity index (χ3v) is 5.65. The summed E-state index contributed by atoms with van der Waals surface area (Å²) in [5.74, 6) is 0.193. The van der Waals surface area contributed by atoms with Gasteiger partial charge < -0.3 is 20.6 Å². The summed E-state index contributed by atoms with van der Waals surface area (Å²) in [6.45, 7) is 3.19. The predicted molar refractivity (Wildman–Crippen MR) is 125 cm³/mol. The lowest BCUT2D eigenvalue weighted by Gasteiger charge is -2.33. The Hall–Kier alpha value is -3.35. The Bertz CT molecular complexity index is 992. The topological polar surface area (TPSA) is 93.0 Å². The van der Waals surface area contributed by atoms with Gasteiger partial charge in [-0.05, 0) is 53.8 Å². The second kappa shape index (κ2) is 11.3. The van der Waals surface area contributed by atoms with Gasteiger partial charge in [0.1, 0.15) is 11.5 Å². The van der Waals surface area contributed by atoms with Crippen LogP contribution < -0.4 is 5.32 Å². The van der Waals surface area contributed by atoms with E-state index in [-0.39, 0.29) is 23.2 Å². The highest BCUT2D eigenvalue weighted by molar-refractivity contribution is 5.75. The van der Waals surface area contributed by atoms with E-state index in [1.165, 1.54) is 6.07 Å². The summed E-state index contributed by atoms with van der Waals surface area (Å²) in [7, 11) is 0. The molecule has 3 aromatic carbocycles. The standard InChI is InChI=1S/C26H30N2O4/c1-2-22(14-19-8-11-23(30)12-9-19)28(16-20-6-4-3-5-7-20)17-26(32)21-10-13-25(31)24(15-21)27-18-29/h3-13,15,18,22,26,30-32H,2,14,16-17H2,1H3,(H,27,29). The summed E-state index contributed by atoms with van der Waals surface area (Å²) in [5.41, 5.74) is 3.15. The van der Waals surface area contributed by atoms with Crippen LogP contribution in [0.15, 0.2) is 72.8 Å². The number of hydrogen-bond donors (Lipinski definition) is 4. The molecule has 32 heavy (non-hydrogen) atoms. The zero-order valence-electron chi connectivity index (χ0n) is 18.2. The number of anilines is 1. The molecular formula is C26H30N2O4. The molecule has 0 saturated carbocycles. The van der Waals surface area contributed by atoms with Crippen molar-refractivity contribution in [3.05, 3.63) is 89.5 Å². The summed E-state index contributed by atoms with van der Waals surface area (Å²) in [6, 6.07) is 22.2. The first kappa shape index (κ1) is 23.3. The molecule has 0 fully saturated rings. The van der Waals surface area contributed by atoms with E-state index in [9.17, 15) is 20.1 Å². The molecule has 4 N–H and O–H groups in total. The maximum atomic E-state index is 11.0. The summed E-state index contributed by atoms with van der Waals surface area (Å²) >= 11 is 0. The van der Waals surface area contributed by atoms with Crippen molar-refractivity contribution in [2.75, 3.05) is 11.9 Å². The van der Waals surface area contributed by atoms with Crippen LogP contribution in [0.3, 0.4) is 0 Å². The number of carbonyl (C=O) groups excluding carboxylic acids is 1. The molecule has 0 spiro atoms. The molecule has 0 aliphatic rings. The Labute approximate surface area is 188 Å². The van der Waals surface area contributed by atoms with E-state index in [1.807, 2.05) is 30.3 Å². The number of amides is 1. The van der Waals surface area contributed by atoms with E-state index in [2.05, 4.69) is 29.3 Å². The zero-order chi connectivity index (χ0) is 22.9. The SMILES string of the molecule is CCC(Cc1ccc(O)cc1)N(Cc1ccccc1)CC(O)c1ccc(O)c(NC=O)c1. The normalized spacial score (nSPS) is 13.0. The molecule has 0 heterocycles. The average Bonchev–Trinajstić information content (AvgIpc) is 2.80. The van der Waals surface area contributed by atoms with Gasteiger partial charge >= 0.3 is 0 Å². The molecule has 2 unspecified atom stereocenters. The van der Waals surface area contributed by atoms with Crippen LogP contribution in [0.5, 0.6) is 11.5 Å². The molecule has 2 atom stereocenters. The Morgan fingerprint density at radius 3 is 2.34 bits per heavy atom. The molecule has 0 aliphatic carbocycles. The van der Waals surface area contributed by atoms with Crippen molar-refractivity contribution < 1.29 is 20.1 Å². The Kier molecular flexibility index (Phi) is 8.25. The van der Waals surface area contributed by atoms with Gasteiger partial charge in [-0.1, -0.05) is 55.5 Å². The van der Waals surface area contributed by atoms with Crippen LogP contribution >= 0.6 is 0 Å². The maximum Gasteiger partial charge on any atom is 0.211 e.